The van der Waals surface area contributed by atoms with Crippen LogP contribution in [0.15, 0.2) is 18.2 Å². The van der Waals surface area contributed by atoms with Crippen LogP contribution < -0.4 is 5.32 Å². The Hall–Kier alpha value is -1.65. The first-order valence-corrected chi connectivity index (χ1v) is 4.98. The van der Waals surface area contributed by atoms with Crippen LogP contribution in [0, 0.1) is 11.6 Å². The average Bonchev–Trinajstić information content (AvgIpc) is 2.24. The van der Waals surface area contributed by atoms with Crippen molar-refractivity contribution in [2.75, 3.05) is 13.2 Å². The van der Waals surface area contributed by atoms with E-state index in [-0.39, 0.29) is 0 Å². The molecule has 0 aliphatic carbocycles. The van der Waals surface area contributed by atoms with E-state index in [2.05, 4.69) is 10.1 Å². The monoisotopic (exact) mass is 229 g/mol. The van der Waals surface area contributed by atoms with Crippen LogP contribution in [0.2, 0.25) is 0 Å². The molecule has 5 heteroatoms. The van der Waals surface area contributed by atoms with E-state index in [1.807, 2.05) is 0 Å². The predicted octanol–water partition coefficient (Wildman–Crippen LogP) is 2.25. The maximum Gasteiger partial charge on any atom is 0.407 e. The first-order valence-electron chi connectivity index (χ1n) is 4.98. The highest BCUT2D eigenvalue weighted by Gasteiger charge is 2.03. The van der Waals surface area contributed by atoms with Crippen molar-refractivity contribution in [3.63, 3.8) is 0 Å². The standard InChI is InChI=1S/C11H13F2NO2/c1-2-16-11(15)14-6-5-8-3-4-9(12)10(13)7-8/h3-4,7H,2,5-6H2,1H3,(H,14,15). The van der Waals surface area contributed by atoms with Gasteiger partial charge in [-0.15, -0.1) is 0 Å². The Labute approximate surface area is 92.4 Å². The number of amides is 1. The summed E-state index contributed by atoms with van der Waals surface area (Å²) in [5, 5.41) is 2.49. The second kappa shape index (κ2) is 6.05. The van der Waals surface area contributed by atoms with Crippen molar-refractivity contribution in [3.05, 3.63) is 35.4 Å². The molecule has 0 radical (unpaired) electrons. The number of hydrogen-bond donors (Lipinski definition) is 1. The number of ether oxygens (including phenoxy) is 1. The third-order valence-electron chi connectivity index (χ3n) is 1.94. The topological polar surface area (TPSA) is 38.3 Å². The van der Waals surface area contributed by atoms with E-state index in [0.29, 0.717) is 25.1 Å². The highest BCUT2D eigenvalue weighted by Crippen LogP contribution is 2.08. The summed E-state index contributed by atoms with van der Waals surface area (Å²) in [5.74, 6) is -1.75. The number of hydrogen-bond acceptors (Lipinski definition) is 2. The van der Waals surface area contributed by atoms with Crippen LogP contribution in [-0.2, 0) is 11.2 Å². The van der Waals surface area contributed by atoms with Crippen LogP contribution in [-0.4, -0.2) is 19.2 Å². The molecule has 0 fully saturated rings. The van der Waals surface area contributed by atoms with Gasteiger partial charge in [-0.1, -0.05) is 6.07 Å². The minimum absolute atomic E-state index is 0.303. The second-order valence-corrected chi connectivity index (χ2v) is 3.15. The smallest absolute Gasteiger partial charge is 0.407 e. The van der Waals surface area contributed by atoms with Crippen molar-refractivity contribution in [2.24, 2.45) is 0 Å². The van der Waals surface area contributed by atoms with E-state index in [4.69, 9.17) is 0 Å². The summed E-state index contributed by atoms with van der Waals surface area (Å²) in [4.78, 5) is 10.9. The zero-order chi connectivity index (χ0) is 12.0. The van der Waals surface area contributed by atoms with Gasteiger partial charge >= 0.3 is 6.09 Å². The van der Waals surface area contributed by atoms with Gasteiger partial charge in [-0.3, -0.25) is 0 Å². The molecule has 0 aliphatic rings. The molecule has 1 N–H and O–H groups in total. The molecule has 88 valence electrons. The number of benzene rings is 1. The van der Waals surface area contributed by atoms with E-state index < -0.39 is 17.7 Å². The molecule has 0 saturated heterocycles. The Kier molecular flexibility index (Phi) is 4.69. The maximum atomic E-state index is 12.8. The summed E-state index contributed by atoms with van der Waals surface area (Å²) in [5.41, 5.74) is 0.621. The lowest BCUT2D eigenvalue weighted by atomic mass is 10.1. The number of carbonyl (C=O) groups is 1. The number of alkyl carbamates (subject to hydrolysis) is 1. The fourth-order valence-electron chi connectivity index (χ4n) is 1.19. The van der Waals surface area contributed by atoms with Gasteiger partial charge in [0.05, 0.1) is 6.61 Å². The molecular weight excluding hydrogens is 216 g/mol. The Bertz CT molecular complexity index is 369. The molecule has 1 aromatic rings. The summed E-state index contributed by atoms with van der Waals surface area (Å²) in [6.45, 7) is 2.33. The Morgan fingerprint density at radius 2 is 2.12 bits per heavy atom. The molecule has 0 heterocycles. The SMILES string of the molecule is CCOC(=O)NCCc1ccc(F)c(F)c1. The molecule has 1 aromatic carbocycles. The van der Waals surface area contributed by atoms with Gasteiger partial charge in [0, 0.05) is 6.54 Å². The minimum Gasteiger partial charge on any atom is -0.450 e. The van der Waals surface area contributed by atoms with Gasteiger partial charge in [0.15, 0.2) is 11.6 Å². The van der Waals surface area contributed by atoms with Crippen molar-refractivity contribution in [2.45, 2.75) is 13.3 Å². The first-order chi connectivity index (χ1) is 7.63. The van der Waals surface area contributed by atoms with E-state index in [0.717, 1.165) is 12.1 Å². The van der Waals surface area contributed by atoms with Gasteiger partial charge in [0.25, 0.3) is 0 Å². The Balaban J connectivity index is 2.37. The first kappa shape index (κ1) is 12.4. The summed E-state index contributed by atoms with van der Waals surface area (Å²) in [6.07, 6.45) is -0.0826. The largest absolute Gasteiger partial charge is 0.450 e. The number of halogens is 2. The van der Waals surface area contributed by atoms with E-state index in [1.54, 1.807) is 6.92 Å². The van der Waals surface area contributed by atoms with Crippen molar-refractivity contribution in [1.82, 2.24) is 5.32 Å². The molecule has 0 atom stereocenters. The molecular formula is C11H13F2NO2. The van der Waals surface area contributed by atoms with Gasteiger partial charge in [0.2, 0.25) is 0 Å². The Morgan fingerprint density at radius 3 is 2.75 bits per heavy atom. The van der Waals surface area contributed by atoms with E-state index in [1.165, 1.54) is 6.07 Å². The number of nitrogens with one attached hydrogen (secondary N) is 1. The molecule has 0 saturated carbocycles. The minimum atomic E-state index is -0.881. The van der Waals surface area contributed by atoms with Crippen LogP contribution in [0.25, 0.3) is 0 Å². The third-order valence-corrected chi connectivity index (χ3v) is 1.94. The predicted molar refractivity (Wildman–Crippen MR) is 55.1 cm³/mol. The highest BCUT2D eigenvalue weighted by atomic mass is 19.2. The fourth-order valence-corrected chi connectivity index (χ4v) is 1.19. The van der Waals surface area contributed by atoms with Crippen molar-refractivity contribution in [3.8, 4) is 0 Å². The summed E-state index contributed by atoms with van der Waals surface area (Å²) in [6, 6.07) is 3.66. The molecule has 1 rings (SSSR count). The molecule has 3 nitrogen and oxygen atoms in total. The van der Waals surface area contributed by atoms with Crippen LogP contribution in [0.5, 0.6) is 0 Å². The molecule has 16 heavy (non-hydrogen) atoms. The third kappa shape index (κ3) is 3.84. The lowest BCUT2D eigenvalue weighted by Crippen LogP contribution is -2.26. The van der Waals surface area contributed by atoms with E-state index >= 15 is 0 Å². The van der Waals surface area contributed by atoms with Gasteiger partial charge in [-0.25, -0.2) is 13.6 Å². The van der Waals surface area contributed by atoms with Gasteiger partial charge < -0.3 is 10.1 Å². The zero-order valence-electron chi connectivity index (χ0n) is 8.93. The maximum absolute atomic E-state index is 12.8. The second-order valence-electron chi connectivity index (χ2n) is 3.15. The van der Waals surface area contributed by atoms with Crippen molar-refractivity contribution < 1.29 is 18.3 Å². The molecule has 0 bridgehead atoms. The fraction of sp³-hybridized carbons (Fsp3) is 0.364. The van der Waals surface area contributed by atoms with Crippen molar-refractivity contribution >= 4 is 6.09 Å². The lowest BCUT2D eigenvalue weighted by molar-refractivity contribution is 0.152. The average molecular weight is 229 g/mol. The van der Waals surface area contributed by atoms with Gasteiger partial charge in [0.1, 0.15) is 0 Å². The molecule has 0 spiro atoms. The van der Waals surface area contributed by atoms with Crippen molar-refractivity contribution in [1.29, 1.82) is 0 Å². The number of rotatable bonds is 4. The summed E-state index contributed by atoms with van der Waals surface area (Å²) < 4.78 is 30.0. The van der Waals surface area contributed by atoms with Crippen LogP contribution in [0.1, 0.15) is 12.5 Å². The van der Waals surface area contributed by atoms with E-state index in [9.17, 15) is 13.6 Å². The molecule has 1 amide bonds. The van der Waals surface area contributed by atoms with Gasteiger partial charge in [-0.2, -0.15) is 0 Å². The summed E-state index contributed by atoms with van der Waals surface area (Å²) in [7, 11) is 0. The van der Waals surface area contributed by atoms with Crippen LogP contribution >= 0.6 is 0 Å². The summed E-state index contributed by atoms with van der Waals surface area (Å²) >= 11 is 0. The molecule has 0 unspecified atom stereocenters. The molecule has 0 aromatic heterocycles. The number of carbonyl (C=O) groups excluding carboxylic acids is 1. The zero-order valence-corrected chi connectivity index (χ0v) is 8.93. The molecule has 0 aliphatic heterocycles. The quantitative estimate of drug-likeness (QED) is 0.860. The highest BCUT2D eigenvalue weighted by molar-refractivity contribution is 5.67. The van der Waals surface area contributed by atoms with Crippen LogP contribution in [0.4, 0.5) is 13.6 Å². The van der Waals surface area contributed by atoms with Crippen LogP contribution in [0.3, 0.4) is 0 Å². The lowest BCUT2D eigenvalue weighted by Gasteiger charge is -2.05. The Morgan fingerprint density at radius 1 is 1.38 bits per heavy atom. The van der Waals surface area contributed by atoms with Gasteiger partial charge in [-0.05, 0) is 31.0 Å². The normalized spacial score (nSPS) is 9.94.